The molecule has 0 bridgehead atoms. The van der Waals surface area contributed by atoms with Gasteiger partial charge in [0.25, 0.3) is 0 Å². The molecule has 0 spiro atoms. The first kappa shape index (κ1) is 15.8. The zero-order valence-electron chi connectivity index (χ0n) is 13.6. The van der Waals surface area contributed by atoms with Crippen LogP contribution < -0.4 is 10.2 Å². The molecule has 1 fully saturated rings. The molecule has 2 aromatic heterocycles. The molecule has 0 atom stereocenters. The normalized spacial score (nSPS) is 14.0. The van der Waals surface area contributed by atoms with E-state index in [9.17, 15) is 4.79 Å². The van der Waals surface area contributed by atoms with Crippen LogP contribution in [0.4, 0.5) is 11.4 Å². The highest BCUT2D eigenvalue weighted by Crippen LogP contribution is 2.31. The molecule has 25 heavy (non-hydrogen) atoms. The van der Waals surface area contributed by atoms with Crippen LogP contribution in [0.5, 0.6) is 0 Å². The molecule has 3 heterocycles. The summed E-state index contributed by atoms with van der Waals surface area (Å²) in [6, 6.07) is 9.86. The monoisotopic (exact) mass is 354 g/mol. The van der Waals surface area contributed by atoms with Crippen molar-refractivity contribution in [3.63, 3.8) is 0 Å². The van der Waals surface area contributed by atoms with Gasteiger partial charge in [-0.1, -0.05) is 6.07 Å². The van der Waals surface area contributed by atoms with Gasteiger partial charge in [-0.3, -0.25) is 4.79 Å². The van der Waals surface area contributed by atoms with Crippen LogP contribution in [0.25, 0.3) is 5.69 Å². The summed E-state index contributed by atoms with van der Waals surface area (Å²) in [5.41, 5.74) is 2.67. The summed E-state index contributed by atoms with van der Waals surface area (Å²) >= 11 is 1.59. The number of carbonyl (C=O) groups excluding carboxylic acids is 1. The predicted molar refractivity (Wildman–Crippen MR) is 97.3 cm³/mol. The maximum Gasteiger partial charge on any atom is 0.229 e. The number of nitrogens with zero attached hydrogens (tertiary/aromatic N) is 5. The first-order valence-electron chi connectivity index (χ1n) is 8.24. The van der Waals surface area contributed by atoms with Crippen LogP contribution in [0.2, 0.25) is 0 Å². The van der Waals surface area contributed by atoms with Crippen molar-refractivity contribution in [1.82, 2.24) is 20.2 Å². The molecular formula is C17H18N6OS. The van der Waals surface area contributed by atoms with Gasteiger partial charge >= 0.3 is 0 Å². The molecule has 8 heteroatoms. The third-order valence-electron chi connectivity index (χ3n) is 4.23. The van der Waals surface area contributed by atoms with Gasteiger partial charge in [0.05, 0.1) is 23.5 Å². The van der Waals surface area contributed by atoms with Gasteiger partial charge < -0.3 is 10.2 Å². The molecule has 7 nitrogen and oxygen atoms in total. The average molecular weight is 354 g/mol. The van der Waals surface area contributed by atoms with E-state index in [1.54, 1.807) is 22.3 Å². The molecular weight excluding hydrogens is 336 g/mol. The first-order valence-corrected chi connectivity index (χ1v) is 9.12. The second kappa shape index (κ2) is 7.02. The molecule has 1 aromatic carbocycles. The third-order valence-corrected chi connectivity index (χ3v) is 5.11. The van der Waals surface area contributed by atoms with Crippen molar-refractivity contribution in [2.24, 2.45) is 0 Å². The number of amides is 1. The topological polar surface area (TPSA) is 75.9 Å². The average Bonchev–Trinajstić information content (AvgIpc) is 3.37. The minimum absolute atomic E-state index is 0.0169. The fraction of sp³-hybridized carbons (Fsp3) is 0.294. The molecule has 128 valence electrons. The van der Waals surface area contributed by atoms with Gasteiger partial charge in [0, 0.05) is 18.0 Å². The van der Waals surface area contributed by atoms with Crippen molar-refractivity contribution in [2.75, 3.05) is 23.3 Å². The zero-order chi connectivity index (χ0) is 17.1. The van der Waals surface area contributed by atoms with E-state index in [0.717, 1.165) is 35.0 Å². The maximum atomic E-state index is 12.5. The number of hydrogen-bond acceptors (Lipinski definition) is 6. The zero-order valence-corrected chi connectivity index (χ0v) is 14.4. The van der Waals surface area contributed by atoms with E-state index >= 15 is 0 Å². The molecule has 0 saturated carbocycles. The predicted octanol–water partition coefficient (Wildman–Crippen LogP) is 2.51. The largest absolute Gasteiger partial charge is 0.370 e. The van der Waals surface area contributed by atoms with Crippen LogP contribution in [0.1, 0.15) is 17.7 Å². The van der Waals surface area contributed by atoms with E-state index in [-0.39, 0.29) is 5.91 Å². The van der Waals surface area contributed by atoms with Crippen LogP contribution in [-0.4, -0.2) is 39.2 Å². The summed E-state index contributed by atoms with van der Waals surface area (Å²) in [6.45, 7) is 2.02. The number of anilines is 2. The van der Waals surface area contributed by atoms with Crippen molar-refractivity contribution in [3.8, 4) is 5.69 Å². The van der Waals surface area contributed by atoms with Crippen LogP contribution in [0.15, 0.2) is 42.0 Å². The summed E-state index contributed by atoms with van der Waals surface area (Å²) < 4.78 is 1.59. The van der Waals surface area contributed by atoms with E-state index in [1.165, 1.54) is 12.8 Å². The second-order valence-corrected chi connectivity index (χ2v) is 6.99. The van der Waals surface area contributed by atoms with Gasteiger partial charge in [-0.15, -0.1) is 16.4 Å². The van der Waals surface area contributed by atoms with Gasteiger partial charge in [-0.05, 0) is 52.9 Å². The Morgan fingerprint density at radius 3 is 2.84 bits per heavy atom. The van der Waals surface area contributed by atoms with Crippen molar-refractivity contribution in [1.29, 1.82) is 0 Å². The highest BCUT2D eigenvalue weighted by atomic mass is 32.1. The van der Waals surface area contributed by atoms with E-state index in [2.05, 4.69) is 25.7 Å². The Labute approximate surface area is 149 Å². The lowest BCUT2D eigenvalue weighted by atomic mass is 10.2. The summed E-state index contributed by atoms with van der Waals surface area (Å²) in [7, 11) is 0. The van der Waals surface area contributed by atoms with Crippen LogP contribution in [-0.2, 0) is 11.2 Å². The van der Waals surface area contributed by atoms with Gasteiger partial charge in [-0.2, -0.15) is 0 Å². The molecule has 1 aliphatic rings. The Balaban J connectivity index is 1.62. The Hall–Kier alpha value is -2.74. The van der Waals surface area contributed by atoms with Crippen LogP contribution in [0, 0.1) is 0 Å². The minimum atomic E-state index is -0.0169. The Morgan fingerprint density at radius 1 is 1.24 bits per heavy atom. The number of thiophene rings is 1. The minimum Gasteiger partial charge on any atom is -0.370 e. The number of hydrogen-bond donors (Lipinski definition) is 1. The van der Waals surface area contributed by atoms with E-state index in [4.69, 9.17) is 0 Å². The quantitative estimate of drug-likeness (QED) is 0.762. The summed E-state index contributed by atoms with van der Waals surface area (Å²) in [5.74, 6) is -0.0169. The van der Waals surface area contributed by atoms with Crippen LogP contribution >= 0.6 is 11.3 Å². The summed E-state index contributed by atoms with van der Waals surface area (Å²) in [5, 5.41) is 16.3. The van der Waals surface area contributed by atoms with E-state index in [1.807, 2.05) is 35.7 Å². The lowest BCUT2D eigenvalue weighted by Gasteiger charge is -2.22. The fourth-order valence-electron chi connectivity index (χ4n) is 3.05. The molecule has 1 aliphatic heterocycles. The van der Waals surface area contributed by atoms with Crippen molar-refractivity contribution >= 4 is 28.6 Å². The van der Waals surface area contributed by atoms with Gasteiger partial charge in [0.2, 0.25) is 5.91 Å². The van der Waals surface area contributed by atoms with Crippen molar-refractivity contribution < 1.29 is 4.79 Å². The summed E-state index contributed by atoms with van der Waals surface area (Å²) in [6.07, 6.45) is 4.28. The lowest BCUT2D eigenvalue weighted by molar-refractivity contribution is -0.115. The maximum absolute atomic E-state index is 12.5. The fourth-order valence-corrected chi connectivity index (χ4v) is 3.75. The van der Waals surface area contributed by atoms with Crippen molar-refractivity contribution in [3.05, 3.63) is 46.9 Å². The molecule has 0 aliphatic carbocycles. The van der Waals surface area contributed by atoms with E-state index in [0.29, 0.717) is 6.42 Å². The molecule has 1 saturated heterocycles. The number of tetrazole rings is 1. The number of aromatic nitrogens is 4. The number of benzene rings is 1. The first-order chi connectivity index (χ1) is 12.3. The molecule has 3 aromatic rings. The Kier molecular flexibility index (Phi) is 4.43. The standard InChI is InChI=1S/C17H18N6OS/c24-17(11-14-4-3-9-25-14)19-15-10-13(23-12-18-20-21-23)5-6-16(15)22-7-1-2-8-22/h3-6,9-10,12H,1-2,7-8,11H2,(H,19,24). The molecule has 4 rings (SSSR count). The third kappa shape index (κ3) is 3.53. The SMILES string of the molecule is O=C(Cc1cccs1)Nc1cc(-n2cnnn2)ccc1N1CCCC1. The molecule has 0 unspecified atom stereocenters. The Morgan fingerprint density at radius 2 is 2.12 bits per heavy atom. The smallest absolute Gasteiger partial charge is 0.229 e. The lowest BCUT2D eigenvalue weighted by Crippen LogP contribution is -2.22. The second-order valence-electron chi connectivity index (χ2n) is 5.95. The highest BCUT2D eigenvalue weighted by molar-refractivity contribution is 7.10. The van der Waals surface area contributed by atoms with E-state index < -0.39 is 0 Å². The number of rotatable bonds is 5. The highest BCUT2D eigenvalue weighted by Gasteiger charge is 2.18. The summed E-state index contributed by atoms with van der Waals surface area (Å²) in [4.78, 5) is 15.8. The Bertz CT molecular complexity index is 840. The van der Waals surface area contributed by atoms with Gasteiger partial charge in [-0.25, -0.2) is 4.68 Å². The number of nitrogens with one attached hydrogen (secondary N) is 1. The molecule has 1 N–H and O–H groups in total. The molecule has 1 amide bonds. The van der Waals surface area contributed by atoms with Crippen molar-refractivity contribution in [2.45, 2.75) is 19.3 Å². The number of carbonyl (C=O) groups is 1. The van der Waals surface area contributed by atoms with Gasteiger partial charge in [0.1, 0.15) is 6.33 Å². The van der Waals surface area contributed by atoms with Crippen LogP contribution in [0.3, 0.4) is 0 Å². The molecule has 0 radical (unpaired) electrons. The van der Waals surface area contributed by atoms with Gasteiger partial charge in [0.15, 0.2) is 0 Å².